The number of carbonyl (C=O) groups is 1. The van der Waals surface area contributed by atoms with Crippen LogP contribution >= 0.6 is 0 Å². The summed E-state index contributed by atoms with van der Waals surface area (Å²) < 4.78 is 28.2. The van der Waals surface area contributed by atoms with Crippen LogP contribution in [0.25, 0.3) is 0 Å². The van der Waals surface area contributed by atoms with E-state index < -0.39 is 15.6 Å². The predicted molar refractivity (Wildman–Crippen MR) is 106 cm³/mol. The van der Waals surface area contributed by atoms with Crippen molar-refractivity contribution in [2.24, 2.45) is 11.1 Å². The van der Waals surface area contributed by atoms with Gasteiger partial charge in [0.25, 0.3) is 10.0 Å². The molecule has 1 aromatic heterocycles. The molecular formula is C18H31N5O4S. The minimum absolute atomic E-state index is 0.240. The molecule has 0 radical (unpaired) electrons. The minimum atomic E-state index is -3.87. The lowest BCUT2D eigenvalue weighted by atomic mass is 9.93. The Balaban J connectivity index is 1.83. The summed E-state index contributed by atoms with van der Waals surface area (Å²) in [5.41, 5.74) is -0.753. The minimum Gasteiger partial charge on any atom is -0.444 e. The van der Waals surface area contributed by atoms with E-state index in [1.165, 1.54) is 6.20 Å². The van der Waals surface area contributed by atoms with Gasteiger partial charge in [0.05, 0.1) is 12.4 Å². The number of likely N-dealkylation sites (tertiary alicyclic amines) is 1. The molecule has 1 saturated heterocycles. The summed E-state index contributed by atoms with van der Waals surface area (Å²) in [5.74, 6) is 0.750. The highest BCUT2D eigenvalue weighted by molar-refractivity contribution is 7.89. The van der Waals surface area contributed by atoms with Crippen molar-refractivity contribution in [2.45, 2.75) is 70.0 Å². The Hall–Kier alpha value is -1.94. The van der Waals surface area contributed by atoms with E-state index in [2.05, 4.69) is 29.1 Å². The Morgan fingerprint density at radius 3 is 2.68 bits per heavy atom. The number of sulfonamides is 1. The molecule has 2 rings (SSSR count). The van der Waals surface area contributed by atoms with Crippen molar-refractivity contribution in [3.05, 3.63) is 12.4 Å². The van der Waals surface area contributed by atoms with Crippen LogP contribution in [0.5, 0.6) is 0 Å². The van der Waals surface area contributed by atoms with Crippen LogP contribution in [0.2, 0.25) is 0 Å². The van der Waals surface area contributed by atoms with Crippen molar-refractivity contribution in [2.75, 3.05) is 18.4 Å². The molecule has 1 aliphatic heterocycles. The molecule has 3 N–H and O–H groups in total. The second-order valence-corrected chi connectivity index (χ2v) is 10.3. The zero-order valence-electron chi connectivity index (χ0n) is 17.2. The zero-order chi connectivity index (χ0) is 21.2. The second kappa shape index (κ2) is 8.20. The van der Waals surface area contributed by atoms with Crippen molar-refractivity contribution in [3.8, 4) is 0 Å². The number of hydrogen-bond donors (Lipinski definition) is 2. The standard InChI is InChI=1S/C18H31N5O4S/c1-17(2,3)27-16(24)23-12-13(9-18(23,4)5)7-6-8-21-14-10-20-11-15(22-14)28(19,25)26/h10-11,13H,6-9,12H2,1-5H3,(H,21,22)(H2,19,25,26). The maximum atomic E-state index is 12.5. The molecule has 158 valence electrons. The largest absolute Gasteiger partial charge is 0.444 e. The Kier molecular flexibility index (Phi) is 6.55. The molecule has 9 nitrogen and oxygen atoms in total. The number of nitrogens with two attached hydrogens (primary N) is 1. The first kappa shape index (κ1) is 22.4. The molecule has 0 bridgehead atoms. The Labute approximate surface area is 167 Å². The van der Waals surface area contributed by atoms with Crippen LogP contribution in [0.1, 0.15) is 53.9 Å². The topological polar surface area (TPSA) is 128 Å². The molecule has 1 aromatic rings. The van der Waals surface area contributed by atoms with E-state index in [1.54, 1.807) is 0 Å². The van der Waals surface area contributed by atoms with Crippen LogP contribution < -0.4 is 10.5 Å². The molecule has 1 aliphatic rings. The number of nitrogens with one attached hydrogen (secondary N) is 1. The van der Waals surface area contributed by atoms with Gasteiger partial charge < -0.3 is 15.0 Å². The second-order valence-electron chi connectivity index (χ2n) is 8.83. The highest BCUT2D eigenvalue weighted by Gasteiger charge is 2.42. The molecule has 28 heavy (non-hydrogen) atoms. The third kappa shape index (κ3) is 6.30. The molecule has 0 saturated carbocycles. The van der Waals surface area contributed by atoms with Gasteiger partial charge in [-0.25, -0.2) is 23.3 Å². The zero-order valence-corrected chi connectivity index (χ0v) is 18.0. The van der Waals surface area contributed by atoms with Gasteiger partial charge in [-0.05, 0) is 59.8 Å². The first-order valence-corrected chi connectivity index (χ1v) is 10.9. The fourth-order valence-corrected chi connectivity index (χ4v) is 3.83. The summed E-state index contributed by atoms with van der Waals surface area (Å²) in [6.45, 7) is 11.0. The van der Waals surface area contributed by atoms with Gasteiger partial charge in [-0.1, -0.05) is 0 Å². The van der Waals surface area contributed by atoms with Gasteiger partial charge in [0.2, 0.25) is 0 Å². The molecule has 2 heterocycles. The average molecular weight is 414 g/mol. The molecule has 0 spiro atoms. The highest BCUT2D eigenvalue weighted by Crippen LogP contribution is 2.36. The average Bonchev–Trinajstić information content (AvgIpc) is 2.84. The lowest BCUT2D eigenvalue weighted by Crippen LogP contribution is -2.45. The summed E-state index contributed by atoms with van der Waals surface area (Å²) in [6, 6.07) is 0. The fraction of sp³-hybridized carbons (Fsp3) is 0.722. The van der Waals surface area contributed by atoms with Crippen LogP contribution in [0, 0.1) is 5.92 Å². The maximum absolute atomic E-state index is 12.5. The number of primary sulfonamides is 1. The van der Waals surface area contributed by atoms with Gasteiger partial charge in [0, 0.05) is 18.6 Å². The monoisotopic (exact) mass is 413 g/mol. The molecular weight excluding hydrogens is 382 g/mol. The van der Waals surface area contributed by atoms with Crippen LogP contribution in [-0.4, -0.2) is 53.6 Å². The molecule has 1 fully saturated rings. The summed E-state index contributed by atoms with van der Waals surface area (Å²) in [4.78, 5) is 22.1. The predicted octanol–water partition coefficient (Wildman–Crippen LogP) is 2.35. The number of anilines is 1. The third-order valence-electron chi connectivity index (χ3n) is 4.57. The first-order valence-electron chi connectivity index (χ1n) is 9.37. The van der Waals surface area contributed by atoms with Gasteiger partial charge in [-0.3, -0.25) is 4.98 Å². The van der Waals surface area contributed by atoms with Gasteiger partial charge in [0.1, 0.15) is 11.4 Å². The SMILES string of the molecule is CC(C)(C)OC(=O)N1CC(CCCNc2cncc(S(N)(=O)=O)n2)CC1(C)C. The van der Waals surface area contributed by atoms with E-state index >= 15 is 0 Å². The van der Waals surface area contributed by atoms with E-state index in [0.717, 1.165) is 25.5 Å². The number of rotatable bonds is 6. The van der Waals surface area contributed by atoms with Crippen LogP contribution in [-0.2, 0) is 14.8 Å². The van der Waals surface area contributed by atoms with Crippen LogP contribution in [0.15, 0.2) is 17.4 Å². The number of nitrogens with zero attached hydrogens (tertiary/aromatic N) is 3. The summed E-state index contributed by atoms with van der Waals surface area (Å²) in [7, 11) is -3.87. The van der Waals surface area contributed by atoms with Crippen LogP contribution in [0.3, 0.4) is 0 Å². The molecule has 1 amide bonds. The molecule has 0 aliphatic carbocycles. The summed E-state index contributed by atoms with van der Waals surface area (Å²) in [6.07, 6.45) is 4.99. The number of ether oxygens (including phenoxy) is 1. The summed E-state index contributed by atoms with van der Waals surface area (Å²) in [5, 5.41) is 7.87. The Bertz CT molecular complexity index is 804. The highest BCUT2D eigenvalue weighted by atomic mass is 32.2. The Morgan fingerprint density at radius 2 is 2.07 bits per heavy atom. The number of amides is 1. The van der Waals surface area contributed by atoms with E-state index in [9.17, 15) is 13.2 Å². The quantitative estimate of drug-likeness (QED) is 0.685. The van der Waals surface area contributed by atoms with E-state index in [-0.39, 0.29) is 16.7 Å². The van der Waals surface area contributed by atoms with Gasteiger partial charge in [0.15, 0.2) is 5.03 Å². The van der Waals surface area contributed by atoms with Crippen molar-refractivity contribution < 1.29 is 17.9 Å². The summed E-state index contributed by atoms with van der Waals surface area (Å²) >= 11 is 0. The van der Waals surface area contributed by atoms with Gasteiger partial charge in [-0.2, -0.15) is 0 Å². The van der Waals surface area contributed by atoms with Crippen LogP contribution in [0.4, 0.5) is 10.6 Å². The number of aromatic nitrogens is 2. The van der Waals surface area contributed by atoms with Gasteiger partial charge >= 0.3 is 6.09 Å². The number of carbonyl (C=O) groups excluding carboxylic acids is 1. The first-order chi connectivity index (χ1) is 12.8. The number of hydrogen-bond acceptors (Lipinski definition) is 7. The van der Waals surface area contributed by atoms with Crippen molar-refractivity contribution in [1.29, 1.82) is 0 Å². The lowest BCUT2D eigenvalue weighted by Gasteiger charge is -2.33. The van der Waals surface area contributed by atoms with Crippen molar-refractivity contribution in [1.82, 2.24) is 14.9 Å². The van der Waals surface area contributed by atoms with E-state index in [4.69, 9.17) is 9.88 Å². The smallest absolute Gasteiger partial charge is 0.410 e. The van der Waals surface area contributed by atoms with Gasteiger partial charge in [-0.15, -0.1) is 0 Å². The fourth-order valence-electron chi connectivity index (χ4n) is 3.40. The normalized spacial score (nSPS) is 19.5. The van der Waals surface area contributed by atoms with Crippen molar-refractivity contribution in [3.63, 3.8) is 0 Å². The van der Waals surface area contributed by atoms with E-state index in [1.807, 2.05) is 25.7 Å². The molecule has 1 unspecified atom stereocenters. The maximum Gasteiger partial charge on any atom is 0.410 e. The lowest BCUT2D eigenvalue weighted by molar-refractivity contribution is 0.0131. The third-order valence-corrected chi connectivity index (χ3v) is 5.35. The van der Waals surface area contributed by atoms with Crippen molar-refractivity contribution >= 4 is 21.9 Å². The molecule has 10 heteroatoms. The molecule has 0 aromatic carbocycles. The van der Waals surface area contributed by atoms with E-state index in [0.29, 0.717) is 24.8 Å². The Morgan fingerprint density at radius 1 is 1.39 bits per heavy atom. The molecule has 1 atom stereocenters.